The average Bonchev–Trinajstić information content (AvgIpc) is 2.64. The van der Waals surface area contributed by atoms with Gasteiger partial charge in [0.2, 0.25) is 0 Å². The van der Waals surface area contributed by atoms with E-state index in [0.717, 1.165) is 0 Å². The van der Waals surface area contributed by atoms with Crippen molar-refractivity contribution < 1.29 is 10.2 Å². The summed E-state index contributed by atoms with van der Waals surface area (Å²) in [5.41, 5.74) is 0.452. The van der Waals surface area contributed by atoms with Gasteiger partial charge in [-0.2, -0.15) is 10.4 Å². The van der Waals surface area contributed by atoms with Crippen molar-refractivity contribution in [2.24, 2.45) is 0 Å². The van der Waals surface area contributed by atoms with Crippen LogP contribution in [0.2, 0.25) is 0 Å². The maximum Gasteiger partial charge on any atom is 0.170 e. The fourth-order valence-corrected chi connectivity index (χ4v) is 1.04. The molecule has 1 heterocycles. The molecule has 0 spiro atoms. The Morgan fingerprint density at radius 1 is 1.50 bits per heavy atom. The SMILES string of the molecule is CC(C)n1cc(C(O)C(O)C#N)cn1. The minimum atomic E-state index is -1.40. The Bertz CT molecular complexity index is 340. The molecule has 1 aromatic heterocycles. The van der Waals surface area contributed by atoms with Gasteiger partial charge < -0.3 is 10.2 Å². The van der Waals surface area contributed by atoms with Crippen molar-refractivity contribution in [1.29, 1.82) is 5.26 Å². The van der Waals surface area contributed by atoms with Gasteiger partial charge in [0.15, 0.2) is 6.10 Å². The van der Waals surface area contributed by atoms with Crippen LogP contribution in [0.15, 0.2) is 12.4 Å². The molecule has 1 aromatic rings. The number of aliphatic hydroxyl groups is 2. The molecule has 2 atom stereocenters. The summed E-state index contributed by atoms with van der Waals surface area (Å²) in [6.45, 7) is 3.90. The summed E-state index contributed by atoms with van der Waals surface area (Å²) in [5.74, 6) is 0. The van der Waals surface area contributed by atoms with Crippen molar-refractivity contribution in [3.63, 3.8) is 0 Å². The smallest absolute Gasteiger partial charge is 0.170 e. The van der Waals surface area contributed by atoms with Crippen molar-refractivity contribution in [1.82, 2.24) is 9.78 Å². The Morgan fingerprint density at radius 2 is 2.14 bits per heavy atom. The maximum absolute atomic E-state index is 9.46. The van der Waals surface area contributed by atoms with E-state index in [4.69, 9.17) is 10.4 Å². The lowest BCUT2D eigenvalue weighted by Gasteiger charge is -2.08. The number of hydrogen-bond donors (Lipinski definition) is 2. The second-order valence-corrected chi connectivity index (χ2v) is 3.37. The van der Waals surface area contributed by atoms with Gasteiger partial charge in [-0.3, -0.25) is 4.68 Å². The van der Waals surface area contributed by atoms with E-state index in [1.807, 2.05) is 13.8 Å². The molecular weight excluding hydrogens is 182 g/mol. The first-order valence-corrected chi connectivity index (χ1v) is 4.36. The molecule has 0 saturated carbocycles. The van der Waals surface area contributed by atoms with Crippen LogP contribution < -0.4 is 0 Å². The highest BCUT2D eigenvalue weighted by Crippen LogP contribution is 2.17. The van der Waals surface area contributed by atoms with E-state index >= 15 is 0 Å². The highest BCUT2D eigenvalue weighted by molar-refractivity contribution is 5.13. The zero-order chi connectivity index (χ0) is 10.7. The van der Waals surface area contributed by atoms with Gasteiger partial charge >= 0.3 is 0 Å². The molecule has 0 amide bonds. The van der Waals surface area contributed by atoms with Crippen LogP contribution in [0.4, 0.5) is 0 Å². The summed E-state index contributed by atoms with van der Waals surface area (Å²) in [7, 11) is 0. The van der Waals surface area contributed by atoms with Crippen molar-refractivity contribution in [2.75, 3.05) is 0 Å². The van der Waals surface area contributed by atoms with Gasteiger partial charge in [0, 0.05) is 17.8 Å². The highest BCUT2D eigenvalue weighted by atomic mass is 16.3. The Hall–Kier alpha value is -1.38. The summed E-state index contributed by atoms with van der Waals surface area (Å²) < 4.78 is 1.66. The minimum Gasteiger partial charge on any atom is -0.384 e. The molecule has 0 aliphatic rings. The molecule has 2 unspecified atom stereocenters. The fraction of sp³-hybridized carbons (Fsp3) is 0.556. The second kappa shape index (κ2) is 4.22. The van der Waals surface area contributed by atoms with Gasteiger partial charge in [-0.15, -0.1) is 0 Å². The number of nitriles is 1. The van der Waals surface area contributed by atoms with Crippen LogP contribution in [-0.2, 0) is 0 Å². The summed E-state index contributed by atoms with van der Waals surface area (Å²) in [6, 6.07) is 1.76. The van der Waals surface area contributed by atoms with Crippen LogP contribution in [0.1, 0.15) is 31.6 Å². The minimum absolute atomic E-state index is 0.190. The summed E-state index contributed by atoms with van der Waals surface area (Å²) in [4.78, 5) is 0. The number of aromatic nitrogens is 2. The monoisotopic (exact) mass is 195 g/mol. The quantitative estimate of drug-likeness (QED) is 0.683. The Kier molecular flexibility index (Phi) is 3.23. The highest BCUT2D eigenvalue weighted by Gasteiger charge is 2.19. The van der Waals surface area contributed by atoms with Gasteiger partial charge in [0.05, 0.1) is 12.3 Å². The molecule has 1 rings (SSSR count). The van der Waals surface area contributed by atoms with Gasteiger partial charge in [-0.05, 0) is 13.8 Å². The molecule has 2 N–H and O–H groups in total. The molecule has 0 aliphatic heterocycles. The standard InChI is InChI=1S/C9H13N3O2/c1-6(2)12-5-7(4-11-12)9(14)8(13)3-10/h4-6,8-9,13-14H,1-2H3. The number of rotatable bonds is 3. The first-order valence-electron chi connectivity index (χ1n) is 4.36. The largest absolute Gasteiger partial charge is 0.384 e. The molecular formula is C9H13N3O2. The van der Waals surface area contributed by atoms with Gasteiger partial charge in [-0.25, -0.2) is 0 Å². The third-order valence-electron chi connectivity index (χ3n) is 1.92. The second-order valence-electron chi connectivity index (χ2n) is 3.37. The van der Waals surface area contributed by atoms with E-state index in [9.17, 15) is 5.11 Å². The summed E-state index contributed by atoms with van der Waals surface area (Å²) >= 11 is 0. The summed E-state index contributed by atoms with van der Waals surface area (Å²) in [5, 5.41) is 30.9. The van der Waals surface area contributed by atoms with Crippen LogP contribution in [0.5, 0.6) is 0 Å². The molecule has 0 aliphatic carbocycles. The molecule has 0 aromatic carbocycles. The lowest BCUT2D eigenvalue weighted by molar-refractivity contribution is 0.0527. The van der Waals surface area contributed by atoms with Crippen molar-refractivity contribution in [3.05, 3.63) is 18.0 Å². The maximum atomic E-state index is 9.46. The fourth-order valence-electron chi connectivity index (χ4n) is 1.04. The molecule has 5 nitrogen and oxygen atoms in total. The number of aliphatic hydroxyl groups excluding tert-OH is 2. The van der Waals surface area contributed by atoms with E-state index < -0.39 is 12.2 Å². The Labute approximate surface area is 82.2 Å². The molecule has 0 bridgehead atoms. The number of nitrogens with zero attached hydrogens (tertiary/aromatic N) is 3. The van der Waals surface area contributed by atoms with Crippen LogP contribution in [0, 0.1) is 11.3 Å². The van der Waals surface area contributed by atoms with Crippen LogP contribution in [-0.4, -0.2) is 26.1 Å². The molecule has 0 saturated heterocycles. The lowest BCUT2D eigenvalue weighted by Crippen LogP contribution is -2.15. The summed E-state index contributed by atoms with van der Waals surface area (Å²) in [6.07, 6.45) is 0.480. The van der Waals surface area contributed by atoms with Crippen LogP contribution >= 0.6 is 0 Å². The van der Waals surface area contributed by atoms with Crippen LogP contribution in [0.25, 0.3) is 0 Å². The van der Waals surface area contributed by atoms with Crippen molar-refractivity contribution in [3.8, 4) is 6.07 Å². The lowest BCUT2D eigenvalue weighted by atomic mass is 10.1. The normalized spacial score (nSPS) is 15.1. The van der Waals surface area contributed by atoms with E-state index in [1.165, 1.54) is 6.20 Å². The van der Waals surface area contributed by atoms with E-state index in [0.29, 0.717) is 5.56 Å². The van der Waals surface area contributed by atoms with Crippen molar-refractivity contribution >= 4 is 0 Å². The topological polar surface area (TPSA) is 82.1 Å². The predicted octanol–water partition coefficient (Wildman–Crippen LogP) is 0.382. The van der Waals surface area contributed by atoms with E-state index in [1.54, 1.807) is 16.9 Å². The first-order chi connectivity index (χ1) is 6.56. The third-order valence-corrected chi connectivity index (χ3v) is 1.92. The molecule has 0 fully saturated rings. The Morgan fingerprint density at radius 3 is 2.57 bits per heavy atom. The average molecular weight is 195 g/mol. The number of hydrogen-bond acceptors (Lipinski definition) is 4. The van der Waals surface area contributed by atoms with E-state index in [2.05, 4.69) is 5.10 Å². The van der Waals surface area contributed by atoms with Crippen molar-refractivity contribution in [2.45, 2.75) is 32.1 Å². The molecule has 5 heteroatoms. The van der Waals surface area contributed by atoms with Crippen LogP contribution in [0.3, 0.4) is 0 Å². The molecule has 76 valence electrons. The molecule has 0 radical (unpaired) electrons. The zero-order valence-corrected chi connectivity index (χ0v) is 8.12. The van der Waals surface area contributed by atoms with Gasteiger partial charge in [-0.1, -0.05) is 0 Å². The Balaban J connectivity index is 2.82. The third kappa shape index (κ3) is 2.10. The predicted molar refractivity (Wildman–Crippen MR) is 49.2 cm³/mol. The zero-order valence-electron chi connectivity index (χ0n) is 8.12. The van der Waals surface area contributed by atoms with Gasteiger partial charge in [0.25, 0.3) is 0 Å². The molecule has 14 heavy (non-hydrogen) atoms. The first kappa shape index (κ1) is 10.7. The van der Waals surface area contributed by atoms with Gasteiger partial charge in [0.1, 0.15) is 6.10 Å². The van der Waals surface area contributed by atoms with E-state index in [-0.39, 0.29) is 6.04 Å².